The quantitative estimate of drug-likeness (QED) is 0.824. The Balaban J connectivity index is 1.86. The van der Waals surface area contributed by atoms with E-state index in [1.54, 1.807) is 0 Å². The maximum absolute atomic E-state index is 8.89. The summed E-state index contributed by atoms with van der Waals surface area (Å²) in [4.78, 5) is 4.71. The van der Waals surface area contributed by atoms with Gasteiger partial charge in [-0.15, -0.1) is 0 Å². The topological polar surface area (TPSA) is 52.7 Å². The van der Waals surface area contributed by atoms with Gasteiger partial charge < -0.3 is 9.63 Å². The molecule has 0 atom stereocenters. The lowest BCUT2D eigenvalue weighted by atomic mass is 10.2. The Bertz CT molecular complexity index is 337. The van der Waals surface area contributed by atoms with Crippen LogP contribution in [0, 0.1) is 13.8 Å². The zero-order valence-corrected chi connectivity index (χ0v) is 10.6. The fraction of sp³-hybridized carbons (Fsp3) is 0.750. The van der Waals surface area contributed by atoms with E-state index in [-0.39, 0.29) is 6.61 Å². The van der Waals surface area contributed by atoms with E-state index in [4.69, 9.17) is 9.63 Å². The smallest absolute Gasteiger partial charge is 0.138 e. The Hall–Kier alpha value is -0.910. The molecule has 5 nitrogen and oxygen atoms in total. The second kappa shape index (κ2) is 5.62. The standard InChI is InChI=1S/C12H21N3O2/c1-10-12(11(2)17-13-10)9-15-5-3-14(4-6-15)7-8-16/h16H,3-9H2,1-2H3. The largest absolute Gasteiger partial charge is 0.395 e. The van der Waals surface area contributed by atoms with Gasteiger partial charge in [0.05, 0.1) is 12.3 Å². The highest BCUT2D eigenvalue weighted by Gasteiger charge is 2.19. The monoisotopic (exact) mass is 239 g/mol. The Labute approximate surface area is 102 Å². The summed E-state index contributed by atoms with van der Waals surface area (Å²) in [6.45, 7) is 10.1. The molecule has 0 bridgehead atoms. The maximum atomic E-state index is 8.89. The highest BCUT2D eigenvalue weighted by molar-refractivity contribution is 5.20. The summed E-state index contributed by atoms with van der Waals surface area (Å²) in [5.41, 5.74) is 2.22. The van der Waals surface area contributed by atoms with Gasteiger partial charge in [0.1, 0.15) is 5.76 Å². The number of aliphatic hydroxyl groups excluding tert-OH is 1. The summed E-state index contributed by atoms with van der Waals surface area (Å²) in [5, 5.41) is 12.9. The zero-order chi connectivity index (χ0) is 12.3. The number of aromatic nitrogens is 1. The summed E-state index contributed by atoms with van der Waals surface area (Å²) < 4.78 is 5.18. The van der Waals surface area contributed by atoms with Gasteiger partial charge in [-0.3, -0.25) is 9.80 Å². The summed E-state index contributed by atoms with van der Waals surface area (Å²) in [5.74, 6) is 0.931. The van der Waals surface area contributed by atoms with Crippen molar-refractivity contribution >= 4 is 0 Å². The Morgan fingerprint density at radius 1 is 1.18 bits per heavy atom. The lowest BCUT2D eigenvalue weighted by molar-refractivity contribution is 0.108. The van der Waals surface area contributed by atoms with Crippen LogP contribution in [0.4, 0.5) is 0 Å². The van der Waals surface area contributed by atoms with Crippen LogP contribution in [0.5, 0.6) is 0 Å². The van der Waals surface area contributed by atoms with Gasteiger partial charge in [-0.1, -0.05) is 5.16 Å². The van der Waals surface area contributed by atoms with Crippen molar-refractivity contribution < 1.29 is 9.63 Å². The van der Waals surface area contributed by atoms with Crippen molar-refractivity contribution in [3.63, 3.8) is 0 Å². The van der Waals surface area contributed by atoms with Gasteiger partial charge in [0, 0.05) is 44.8 Å². The highest BCUT2D eigenvalue weighted by Crippen LogP contribution is 2.15. The van der Waals surface area contributed by atoms with E-state index < -0.39 is 0 Å². The number of hydrogen-bond donors (Lipinski definition) is 1. The lowest BCUT2D eigenvalue weighted by Gasteiger charge is -2.34. The fourth-order valence-corrected chi connectivity index (χ4v) is 2.26. The third-order valence-corrected chi connectivity index (χ3v) is 3.44. The number of nitrogens with zero attached hydrogens (tertiary/aromatic N) is 3. The minimum absolute atomic E-state index is 0.254. The van der Waals surface area contributed by atoms with Crippen LogP contribution in [0.2, 0.25) is 0 Å². The van der Waals surface area contributed by atoms with E-state index in [9.17, 15) is 0 Å². The molecule has 0 radical (unpaired) electrons. The van der Waals surface area contributed by atoms with E-state index in [0.717, 1.165) is 50.7 Å². The van der Waals surface area contributed by atoms with Crippen LogP contribution in [0.25, 0.3) is 0 Å². The molecule has 2 heterocycles. The molecule has 1 aromatic heterocycles. The molecular formula is C12H21N3O2. The number of β-amino-alcohol motifs (C(OH)–C–C–N with tert-alkyl or cyclic N) is 1. The molecule has 1 fully saturated rings. The molecule has 1 saturated heterocycles. The molecule has 0 aromatic carbocycles. The van der Waals surface area contributed by atoms with Crippen molar-refractivity contribution in [2.45, 2.75) is 20.4 Å². The summed E-state index contributed by atoms with van der Waals surface area (Å²) in [7, 11) is 0. The first-order valence-electron chi connectivity index (χ1n) is 6.18. The first-order chi connectivity index (χ1) is 8.20. The van der Waals surface area contributed by atoms with Crippen molar-refractivity contribution in [2.24, 2.45) is 0 Å². The summed E-state index contributed by atoms with van der Waals surface area (Å²) in [6, 6.07) is 0. The van der Waals surface area contributed by atoms with Gasteiger partial charge in [-0.2, -0.15) is 0 Å². The Morgan fingerprint density at radius 2 is 1.82 bits per heavy atom. The zero-order valence-electron chi connectivity index (χ0n) is 10.6. The van der Waals surface area contributed by atoms with Crippen LogP contribution in [-0.2, 0) is 6.54 Å². The lowest BCUT2D eigenvalue weighted by Crippen LogP contribution is -2.46. The molecule has 17 heavy (non-hydrogen) atoms. The Kier molecular flexibility index (Phi) is 4.15. The fourth-order valence-electron chi connectivity index (χ4n) is 2.26. The van der Waals surface area contributed by atoms with Crippen LogP contribution in [0.1, 0.15) is 17.0 Å². The molecule has 5 heteroatoms. The second-order valence-electron chi connectivity index (χ2n) is 4.64. The predicted octanol–water partition coefficient (Wildman–Crippen LogP) is 0.401. The number of hydrogen-bond acceptors (Lipinski definition) is 5. The second-order valence-corrected chi connectivity index (χ2v) is 4.64. The van der Waals surface area contributed by atoms with E-state index in [1.165, 1.54) is 5.56 Å². The molecule has 1 N–H and O–H groups in total. The van der Waals surface area contributed by atoms with Crippen molar-refractivity contribution in [1.29, 1.82) is 0 Å². The molecule has 0 amide bonds. The van der Waals surface area contributed by atoms with Crippen molar-refractivity contribution in [2.75, 3.05) is 39.3 Å². The minimum atomic E-state index is 0.254. The normalized spacial score (nSPS) is 18.8. The molecule has 1 aliphatic heterocycles. The molecule has 0 unspecified atom stereocenters. The average Bonchev–Trinajstić information content (AvgIpc) is 2.64. The van der Waals surface area contributed by atoms with Gasteiger partial charge in [0.25, 0.3) is 0 Å². The summed E-state index contributed by atoms with van der Waals surface area (Å²) in [6.07, 6.45) is 0. The van der Waals surface area contributed by atoms with Crippen LogP contribution in [0.3, 0.4) is 0 Å². The van der Waals surface area contributed by atoms with Crippen LogP contribution in [-0.4, -0.2) is 59.4 Å². The number of piperazine rings is 1. The minimum Gasteiger partial charge on any atom is -0.395 e. The van der Waals surface area contributed by atoms with Crippen molar-refractivity contribution in [3.8, 4) is 0 Å². The van der Waals surface area contributed by atoms with E-state index in [1.807, 2.05) is 13.8 Å². The molecule has 0 aliphatic carbocycles. The molecule has 1 aliphatic rings. The predicted molar refractivity (Wildman–Crippen MR) is 64.8 cm³/mol. The third-order valence-electron chi connectivity index (χ3n) is 3.44. The molecule has 0 spiro atoms. The van der Waals surface area contributed by atoms with Crippen LogP contribution in [0.15, 0.2) is 4.52 Å². The molecule has 2 rings (SSSR count). The first-order valence-corrected chi connectivity index (χ1v) is 6.18. The SMILES string of the molecule is Cc1noc(C)c1CN1CCN(CCO)CC1. The van der Waals surface area contributed by atoms with Gasteiger partial charge in [-0.25, -0.2) is 0 Å². The van der Waals surface area contributed by atoms with Crippen molar-refractivity contribution in [1.82, 2.24) is 15.0 Å². The summed E-state index contributed by atoms with van der Waals surface area (Å²) >= 11 is 0. The van der Waals surface area contributed by atoms with Crippen LogP contribution < -0.4 is 0 Å². The average molecular weight is 239 g/mol. The van der Waals surface area contributed by atoms with Gasteiger partial charge in [-0.05, 0) is 13.8 Å². The van der Waals surface area contributed by atoms with Gasteiger partial charge >= 0.3 is 0 Å². The molecular weight excluding hydrogens is 218 g/mol. The maximum Gasteiger partial charge on any atom is 0.138 e. The Morgan fingerprint density at radius 3 is 2.35 bits per heavy atom. The highest BCUT2D eigenvalue weighted by atomic mass is 16.5. The van der Waals surface area contributed by atoms with Crippen molar-refractivity contribution in [3.05, 3.63) is 17.0 Å². The van der Waals surface area contributed by atoms with E-state index >= 15 is 0 Å². The van der Waals surface area contributed by atoms with Crippen LogP contribution >= 0.6 is 0 Å². The van der Waals surface area contributed by atoms with E-state index in [2.05, 4.69) is 15.0 Å². The third kappa shape index (κ3) is 3.06. The van der Waals surface area contributed by atoms with E-state index in [0.29, 0.717) is 0 Å². The molecule has 1 aromatic rings. The first kappa shape index (κ1) is 12.5. The van der Waals surface area contributed by atoms with Gasteiger partial charge in [0.15, 0.2) is 0 Å². The number of rotatable bonds is 4. The number of aliphatic hydroxyl groups is 1. The van der Waals surface area contributed by atoms with Gasteiger partial charge in [0.2, 0.25) is 0 Å². The molecule has 0 saturated carbocycles. The molecule has 96 valence electrons. The number of aryl methyl sites for hydroxylation is 2.